The monoisotopic (exact) mass is 291 g/mol. The lowest BCUT2D eigenvalue weighted by molar-refractivity contribution is 0.0526. The van der Waals surface area contributed by atoms with Crippen molar-refractivity contribution in [3.8, 4) is 11.5 Å². The van der Waals surface area contributed by atoms with E-state index in [4.69, 9.17) is 26.8 Å². The molecule has 0 bridgehead atoms. The third-order valence-corrected chi connectivity index (χ3v) is 2.88. The Kier molecular flexibility index (Phi) is 4.48. The number of nitrogen functional groups attached to an aromatic ring is 1. The fourth-order valence-electron chi connectivity index (χ4n) is 1.61. The highest BCUT2D eigenvalue weighted by Crippen LogP contribution is 2.28. The molecule has 0 heterocycles. The SMILES string of the molecule is CCOC(=O)c1cccc(Oc2ccc(N)c(Cl)c2)c1. The van der Waals surface area contributed by atoms with Gasteiger partial charge in [-0.15, -0.1) is 0 Å². The number of hydrogen-bond acceptors (Lipinski definition) is 4. The second kappa shape index (κ2) is 6.30. The Labute approximate surface area is 122 Å². The molecule has 0 aromatic heterocycles. The van der Waals surface area contributed by atoms with Gasteiger partial charge in [-0.05, 0) is 37.3 Å². The van der Waals surface area contributed by atoms with Crippen molar-refractivity contribution in [1.29, 1.82) is 0 Å². The molecule has 0 aliphatic rings. The van der Waals surface area contributed by atoms with Crippen LogP contribution in [0.5, 0.6) is 11.5 Å². The molecule has 0 spiro atoms. The first-order valence-electron chi connectivity index (χ1n) is 6.10. The lowest BCUT2D eigenvalue weighted by Gasteiger charge is -2.08. The van der Waals surface area contributed by atoms with E-state index >= 15 is 0 Å². The minimum absolute atomic E-state index is 0.331. The smallest absolute Gasteiger partial charge is 0.338 e. The van der Waals surface area contributed by atoms with Gasteiger partial charge in [0, 0.05) is 6.07 Å². The predicted octanol–water partition coefficient (Wildman–Crippen LogP) is 3.89. The summed E-state index contributed by atoms with van der Waals surface area (Å²) in [5.74, 6) is 0.690. The summed E-state index contributed by atoms with van der Waals surface area (Å²) in [6.45, 7) is 2.09. The lowest BCUT2D eigenvalue weighted by atomic mass is 10.2. The van der Waals surface area contributed by atoms with Gasteiger partial charge in [0.1, 0.15) is 11.5 Å². The molecule has 2 aromatic rings. The fraction of sp³-hybridized carbons (Fsp3) is 0.133. The molecule has 0 saturated carbocycles. The first-order chi connectivity index (χ1) is 9.60. The molecule has 0 amide bonds. The van der Waals surface area contributed by atoms with Gasteiger partial charge in [0.15, 0.2) is 0 Å². The van der Waals surface area contributed by atoms with Crippen LogP contribution in [0.15, 0.2) is 42.5 Å². The van der Waals surface area contributed by atoms with Crippen LogP contribution in [0, 0.1) is 0 Å². The van der Waals surface area contributed by atoms with Crippen molar-refractivity contribution in [2.24, 2.45) is 0 Å². The number of esters is 1. The van der Waals surface area contributed by atoms with Gasteiger partial charge in [-0.25, -0.2) is 4.79 Å². The molecule has 0 saturated heterocycles. The number of hydrogen-bond donors (Lipinski definition) is 1. The van der Waals surface area contributed by atoms with E-state index < -0.39 is 0 Å². The number of nitrogens with two attached hydrogens (primary N) is 1. The number of halogens is 1. The van der Waals surface area contributed by atoms with Crippen LogP contribution in [0.1, 0.15) is 17.3 Å². The van der Waals surface area contributed by atoms with Crippen LogP contribution >= 0.6 is 11.6 Å². The van der Waals surface area contributed by atoms with Gasteiger partial charge < -0.3 is 15.2 Å². The molecule has 0 radical (unpaired) electrons. The minimum Gasteiger partial charge on any atom is -0.462 e. The van der Waals surface area contributed by atoms with Crippen LogP contribution in [0.4, 0.5) is 5.69 Å². The molecule has 4 nitrogen and oxygen atoms in total. The van der Waals surface area contributed by atoms with Gasteiger partial charge >= 0.3 is 5.97 Å². The molecule has 0 atom stereocenters. The van der Waals surface area contributed by atoms with E-state index in [0.717, 1.165) is 0 Å². The molecule has 0 fully saturated rings. The van der Waals surface area contributed by atoms with Gasteiger partial charge in [-0.1, -0.05) is 17.7 Å². The lowest BCUT2D eigenvalue weighted by Crippen LogP contribution is -2.04. The van der Waals surface area contributed by atoms with E-state index in [1.165, 1.54) is 0 Å². The second-order valence-corrected chi connectivity index (χ2v) is 4.44. The maximum atomic E-state index is 11.6. The van der Waals surface area contributed by atoms with Crippen molar-refractivity contribution in [3.63, 3.8) is 0 Å². The standard InChI is InChI=1S/C15H14ClNO3/c1-2-19-15(18)10-4-3-5-11(8-10)20-12-6-7-14(17)13(16)9-12/h3-9H,2,17H2,1H3. The Morgan fingerprint density at radius 1 is 1.20 bits per heavy atom. The summed E-state index contributed by atoms with van der Waals surface area (Å²) in [6.07, 6.45) is 0. The number of rotatable bonds is 4. The highest BCUT2D eigenvalue weighted by molar-refractivity contribution is 6.33. The number of carbonyl (C=O) groups is 1. The van der Waals surface area contributed by atoms with Crippen molar-refractivity contribution in [2.45, 2.75) is 6.92 Å². The quantitative estimate of drug-likeness (QED) is 0.686. The van der Waals surface area contributed by atoms with Gasteiger partial charge in [-0.2, -0.15) is 0 Å². The molecule has 0 unspecified atom stereocenters. The van der Waals surface area contributed by atoms with E-state index in [0.29, 0.717) is 34.4 Å². The summed E-state index contributed by atoms with van der Waals surface area (Å²) in [5.41, 5.74) is 6.55. The first kappa shape index (κ1) is 14.2. The van der Waals surface area contributed by atoms with Crippen LogP contribution in [0.25, 0.3) is 0 Å². The highest BCUT2D eigenvalue weighted by atomic mass is 35.5. The third kappa shape index (κ3) is 3.42. The summed E-state index contributed by atoms with van der Waals surface area (Å²) >= 11 is 5.92. The van der Waals surface area contributed by atoms with Crippen molar-refractivity contribution < 1.29 is 14.3 Å². The Hall–Kier alpha value is -2.20. The Morgan fingerprint density at radius 2 is 1.95 bits per heavy atom. The van der Waals surface area contributed by atoms with Crippen LogP contribution in [0.3, 0.4) is 0 Å². The van der Waals surface area contributed by atoms with Crippen LogP contribution in [0.2, 0.25) is 5.02 Å². The summed E-state index contributed by atoms with van der Waals surface area (Å²) < 4.78 is 10.6. The average Bonchev–Trinajstić information content (AvgIpc) is 2.43. The van der Waals surface area contributed by atoms with Crippen molar-refractivity contribution >= 4 is 23.3 Å². The largest absolute Gasteiger partial charge is 0.462 e. The normalized spacial score (nSPS) is 10.1. The van der Waals surface area contributed by atoms with E-state index in [2.05, 4.69) is 0 Å². The van der Waals surface area contributed by atoms with Crippen molar-refractivity contribution in [2.75, 3.05) is 12.3 Å². The molecule has 0 aliphatic heterocycles. The van der Waals surface area contributed by atoms with E-state index in [-0.39, 0.29) is 5.97 Å². The van der Waals surface area contributed by atoms with Gasteiger partial charge in [-0.3, -0.25) is 0 Å². The zero-order valence-electron chi connectivity index (χ0n) is 10.9. The van der Waals surface area contributed by atoms with Crippen molar-refractivity contribution in [1.82, 2.24) is 0 Å². The number of ether oxygens (including phenoxy) is 2. The molecule has 2 aromatic carbocycles. The Bertz CT molecular complexity index is 628. The van der Waals surface area contributed by atoms with Crippen molar-refractivity contribution in [3.05, 3.63) is 53.1 Å². The van der Waals surface area contributed by atoms with Gasteiger partial charge in [0.25, 0.3) is 0 Å². The summed E-state index contributed by atoms with van der Waals surface area (Å²) in [7, 11) is 0. The highest BCUT2D eigenvalue weighted by Gasteiger charge is 2.08. The summed E-state index contributed by atoms with van der Waals surface area (Å²) in [5, 5.41) is 0.420. The maximum absolute atomic E-state index is 11.6. The predicted molar refractivity (Wildman–Crippen MR) is 78.3 cm³/mol. The van der Waals surface area contributed by atoms with Crippen LogP contribution in [-0.2, 0) is 4.74 Å². The van der Waals surface area contributed by atoms with E-state index in [9.17, 15) is 4.79 Å². The van der Waals surface area contributed by atoms with Gasteiger partial charge in [0.05, 0.1) is 22.9 Å². The molecule has 2 rings (SSSR count). The second-order valence-electron chi connectivity index (χ2n) is 4.03. The van der Waals surface area contributed by atoms with E-state index in [1.807, 2.05) is 0 Å². The minimum atomic E-state index is -0.381. The number of benzene rings is 2. The number of carbonyl (C=O) groups excluding carboxylic acids is 1. The summed E-state index contributed by atoms with van der Waals surface area (Å²) in [4.78, 5) is 11.6. The topological polar surface area (TPSA) is 61.5 Å². The maximum Gasteiger partial charge on any atom is 0.338 e. The summed E-state index contributed by atoms with van der Waals surface area (Å²) in [6, 6.07) is 11.7. The molecular weight excluding hydrogens is 278 g/mol. The Balaban J connectivity index is 2.19. The van der Waals surface area contributed by atoms with E-state index in [1.54, 1.807) is 49.4 Å². The molecular formula is C15H14ClNO3. The zero-order valence-corrected chi connectivity index (χ0v) is 11.7. The zero-order chi connectivity index (χ0) is 14.5. The van der Waals surface area contributed by atoms with Gasteiger partial charge in [0.2, 0.25) is 0 Å². The molecule has 0 aliphatic carbocycles. The molecule has 104 valence electrons. The number of anilines is 1. The Morgan fingerprint density at radius 3 is 2.65 bits per heavy atom. The average molecular weight is 292 g/mol. The molecule has 5 heteroatoms. The fourth-order valence-corrected chi connectivity index (χ4v) is 1.78. The van der Waals surface area contributed by atoms with Crippen LogP contribution < -0.4 is 10.5 Å². The first-order valence-corrected chi connectivity index (χ1v) is 6.48. The third-order valence-electron chi connectivity index (χ3n) is 2.55. The van der Waals surface area contributed by atoms with Crippen LogP contribution in [-0.4, -0.2) is 12.6 Å². The molecule has 2 N–H and O–H groups in total. The molecule has 20 heavy (non-hydrogen) atoms.